The molecule has 0 aromatic heterocycles. The summed E-state index contributed by atoms with van der Waals surface area (Å²) in [5, 5.41) is 8.32. The van der Waals surface area contributed by atoms with E-state index in [4.69, 9.17) is 16.9 Å². The molecule has 0 aliphatic carbocycles. The first-order valence-corrected chi connectivity index (χ1v) is 4.39. The highest BCUT2D eigenvalue weighted by Crippen LogP contribution is 2.38. The first kappa shape index (κ1) is 10.4. The number of nitriles is 1. The van der Waals surface area contributed by atoms with Gasteiger partial charge in [-0.2, -0.15) is 14.0 Å². The number of benzene rings is 1. The molecule has 0 fully saturated rings. The third-order valence-corrected chi connectivity index (χ3v) is 2.14. The second-order valence-corrected chi connectivity index (χ2v) is 3.71. The smallest absolute Gasteiger partial charge is 0.192 e. The quantitative estimate of drug-likeness (QED) is 0.712. The van der Waals surface area contributed by atoms with Crippen LogP contribution >= 0.6 is 27.5 Å². The van der Waals surface area contributed by atoms with Crippen molar-refractivity contribution in [2.75, 3.05) is 0 Å². The van der Waals surface area contributed by atoms with Gasteiger partial charge in [0.25, 0.3) is 0 Å². The van der Waals surface area contributed by atoms with Gasteiger partial charge in [-0.05, 0) is 34.1 Å². The van der Waals surface area contributed by atoms with E-state index in [1.807, 2.05) is 0 Å². The van der Waals surface area contributed by atoms with Crippen molar-refractivity contribution in [2.24, 2.45) is 0 Å². The molecule has 0 atom stereocenters. The minimum absolute atomic E-state index is 0.124. The van der Waals surface area contributed by atoms with Crippen LogP contribution < -0.4 is 0 Å². The molecule has 0 saturated carbocycles. The lowest BCUT2D eigenvalue weighted by atomic mass is 10.1. The Morgan fingerprint density at radius 2 is 2.08 bits per heavy atom. The van der Waals surface area contributed by atoms with Gasteiger partial charge >= 0.3 is 4.83 Å². The van der Waals surface area contributed by atoms with Gasteiger partial charge in [-0.1, -0.05) is 11.6 Å². The van der Waals surface area contributed by atoms with E-state index in [-0.39, 0.29) is 16.1 Å². The molecule has 0 aliphatic rings. The summed E-state index contributed by atoms with van der Waals surface area (Å²) in [5.41, 5.74) is -0.0846. The van der Waals surface area contributed by atoms with Crippen LogP contribution in [0.3, 0.4) is 0 Å². The summed E-state index contributed by atoms with van der Waals surface area (Å²) in [5.74, 6) is 0. The average molecular weight is 266 g/mol. The molecule has 0 aliphatic heterocycles. The SMILES string of the molecule is N#Cc1ccc(C(F)(F)Br)c(Cl)c1. The largest absolute Gasteiger partial charge is 0.328 e. The summed E-state index contributed by atoms with van der Waals surface area (Å²) < 4.78 is 25.4. The van der Waals surface area contributed by atoms with Crippen LogP contribution in [-0.4, -0.2) is 0 Å². The molecule has 0 heterocycles. The first-order valence-electron chi connectivity index (χ1n) is 3.22. The second-order valence-electron chi connectivity index (χ2n) is 2.30. The Hall–Kier alpha value is -0.660. The molecule has 1 nitrogen and oxygen atoms in total. The number of halogens is 4. The van der Waals surface area contributed by atoms with Crippen LogP contribution in [0, 0.1) is 11.3 Å². The molecule has 68 valence electrons. The van der Waals surface area contributed by atoms with Gasteiger partial charge in [0, 0.05) is 0 Å². The van der Waals surface area contributed by atoms with Crippen LogP contribution in [0.4, 0.5) is 8.78 Å². The minimum atomic E-state index is -3.15. The number of hydrogen-bond acceptors (Lipinski definition) is 1. The summed E-state index contributed by atoms with van der Waals surface area (Å²) in [4.78, 5) is -3.15. The van der Waals surface area contributed by atoms with Crippen LogP contribution in [0.25, 0.3) is 0 Å². The van der Waals surface area contributed by atoms with Crippen molar-refractivity contribution in [3.63, 3.8) is 0 Å². The van der Waals surface area contributed by atoms with Crippen molar-refractivity contribution in [3.8, 4) is 6.07 Å². The van der Waals surface area contributed by atoms with Gasteiger partial charge in [-0.25, -0.2) is 0 Å². The molecule has 5 heteroatoms. The lowest BCUT2D eigenvalue weighted by Gasteiger charge is -2.09. The highest BCUT2D eigenvalue weighted by Gasteiger charge is 2.29. The zero-order chi connectivity index (χ0) is 10.1. The Balaban J connectivity index is 3.23. The fourth-order valence-corrected chi connectivity index (χ4v) is 1.57. The number of nitrogens with zero attached hydrogens (tertiary/aromatic N) is 1. The summed E-state index contributed by atoms with van der Waals surface area (Å²) >= 11 is 7.71. The number of hydrogen-bond donors (Lipinski definition) is 0. The molecule has 1 aromatic rings. The Labute approximate surface area is 87.1 Å². The maximum atomic E-state index is 12.7. The molecule has 0 unspecified atom stereocenters. The van der Waals surface area contributed by atoms with E-state index in [1.54, 1.807) is 6.07 Å². The summed E-state index contributed by atoms with van der Waals surface area (Å²) in [6.45, 7) is 0. The van der Waals surface area contributed by atoms with Gasteiger partial charge in [-0.15, -0.1) is 0 Å². The van der Waals surface area contributed by atoms with Crippen molar-refractivity contribution in [1.82, 2.24) is 0 Å². The van der Waals surface area contributed by atoms with Gasteiger partial charge in [-0.3, -0.25) is 0 Å². The average Bonchev–Trinajstić information content (AvgIpc) is 2.01. The normalized spacial score (nSPS) is 11.0. The van der Waals surface area contributed by atoms with Crippen LogP contribution in [-0.2, 0) is 4.83 Å². The van der Waals surface area contributed by atoms with E-state index < -0.39 is 4.83 Å². The predicted molar refractivity (Wildman–Crippen MR) is 49.0 cm³/mol. The number of alkyl halides is 3. The van der Waals surface area contributed by atoms with Gasteiger partial charge < -0.3 is 0 Å². The van der Waals surface area contributed by atoms with Gasteiger partial charge in [0.05, 0.1) is 22.2 Å². The predicted octanol–water partition coefficient (Wildman–Crippen LogP) is 3.66. The third-order valence-electron chi connectivity index (χ3n) is 1.40. The fraction of sp³-hybridized carbons (Fsp3) is 0.125. The standard InChI is InChI=1S/C8H3BrClF2N/c9-8(11,12)6-2-1-5(4-13)3-7(6)10/h1-3H. The molecule has 0 N–H and O–H groups in total. The van der Waals surface area contributed by atoms with Crippen LogP contribution in [0.15, 0.2) is 18.2 Å². The highest BCUT2D eigenvalue weighted by molar-refractivity contribution is 9.09. The molecule has 0 saturated heterocycles. The topological polar surface area (TPSA) is 23.8 Å². The fourth-order valence-electron chi connectivity index (χ4n) is 0.815. The van der Waals surface area contributed by atoms with E-state index in [2.05, 4.69) is 15.9 Å². The molecule has 1 aromatic carbocycles. The Kier molecular flexibility index (Phi) is 2.89. The van der Waals surface area contributed by atoms with Crippen molar-refractivity contribution in [3.05, 3.63) is 34.3 Å². The summed E-state index contributed by atoms with van der Waals surface area (Å²) in [6.07, 6.45) is 0. The van der Waals surface area contributed by atoms with E-state index in [1.165, 1.54) is 12.1 Å². The van der Waals surface area contributed by atoms with E-state index >= 15 is 0 Å². The lowest BCUT2D eigenvalue weighted by molar-refractivity contribution is 0.114. The Morgan fingerprint density at radius 1 is 1.46 bits per heavy atom. The number of rotatable bonds is 1. The van der Waals surface area contributed by atoms with Crippen LogP contribution in [0.1, 0.15) is 11.1 Å². The molecule has 0 radical (unpaired) electrons. The summed E-state index contributed by atoms with van der Waals surface area (Å²) in [7, 11) is 0. The minimum Gasteiger partial charge on any atom is -0.192 e. The van der Waals surface area contributed by atoms with Crippen LogP contribution in [0.2, 0.25) is 5.02 Å². The lowest BCUT2D eigenvalue weighted by Crippen LogP contribution is -2.03. The van der Waals surface area contributed by atoms with Crippen molar-refractivity contribution < 1.29 is 8.78 Å². The van der Waals surface area contributed by atoms with Crippen LogP contribution in [0.5, 0.6) is 0 Å². The molecule has 0 amide bonds. The maximum Gasteiger partial charge on any atom is 0.328 e. The van der Waals surface area contributed by atoms with E-state index in [0.717, 1.165) is 6.07 Å². The molecular formula is C8H3BrClF2N. The highest BCUT2D eigenvalue weighted by atomic mass is 79.9. The molecule has 13 heavy (non-hydrogen) atoms. The van der Waals surface area contributed by atoms with Crippen molar-refractivity contribution in [1.29, 1.82) is 5.26 Å². The monoisotopic (exact) mass is 265 g/mol. The molecule has 0 spiro atoms. The van der Waals surface area contributed by atoms with Crippen molar-refractivity contribution >= 4 is 27.5 Å². The van der Waals surface area contributed by atoms with E-state index in [0.29, 0.717) is 0 Å². The Morgan fingerprint density at radius 3 is 2.46 bits per heavy atom. The van der Waals surface area contributed by atoms with Gasteiger partial charge in [0.1, 0.15) is 0 Å². The molecule has 0 bridgehead atoms. The molecule has 1 rings (SSSR count). The maximum absolute atomic E-state index is 12.7. The van der Waals surface area contributed by atoms with E-state index in [9.17, 15) is 8.78 Å². The third kappa shape index (κ3) is 2.39. The zero-order valence-corrected chi connectivity index (χ0v) is 8.53. The second kappa shape index (κ2) is 3.60. The zero-order valence-electron chi connectivity index (χ0n) is 6.19. The van der Waals surface area contributed by atoms with Crippen molar-refractivity contribution in [2.45, 2.75) is 4.83 Å². The first-order chi connectivity index (χ1) is 5.95. The Bertz CT molecular complexity index is 367. The van der Waals surface area contributed by atoms with Gasteiger partial charge in [0.15, 0.2) is 0 Å². The summed E-state index contributed by atoms with van der Waals surface area (Å²) in [6, 6.07) is 5.41. The molecular weight excluding hydrogens is 263 g/mol. The van der Waals surface area contributed by atoms with Gasteiger partial charge in [0.2, 0.25) is 0 Å².